The molecule has 1 rings (SSSR count). The lowest BCUT2D eigenvalue weighted by molar-refractivity contribution is -0.142. The molecule has 0 aliphatic rings. The zero-order valence-corrected chi connectivity index (χ0v) is 11.2. The second-order valence-corrected chi connectivity index (χ2v) is 4.67. The van der Waals surface area contributed by atoms with E-state index in [9.17, 15) is 9.18 Å². The largest absolute Gasteiger partial charge is 0.468 e. The molecule has 0 aromatic heterocycles. The molecule has 0 amide bonds. The molecule has 0 aliphatic carbocycles. The normalized spacial score (nSPS) is 12.2. The standard InChI is InChI=1S/C12H15BrFNO2/c1-17-12(16)11(15)4-2-3-8-7-9(13)5-6-10(8)14/h5-7,11H,2-4,15H2,1H3. The molecule has 0 bridgehead atoms. The van der Waals surface area contributed by atoms with Crippen LogP contribution >= 0.6 is 15.9 Å². The summed E-state index contributed by atoms with van der Waals surface area (Å²) in [6.45, 7) is 0. The van der Waals surface area contributed by atoms with Crippen molar-refractivity contribution in [3.63, 3.8) is 0 Å². The molecule has 0 aliphatic heterocycles. The summed E-state index contributed by atoms with van der Waals surface area (Å²) < 4.78 is 18.7. The molecule has 0 radical (unpaired) electrons. The van der Waals surface area contributed by atoms with Crippen molar-refractivity contribution in [2.24, 2.45) is 5.73 Å². The maximum atomic E-state index is 13.4. The van der Waals surface area contributed by atoms with E-state index in [0.29, 0.717) is 24.8 Å². The van der Waals surface area contributed by atoms with Crippen molar-refractivity contribution in [3.8, 4) is 0 Å². The van der Waals surface area contributed by atoms with E-state index >= 15 is 0 Å². The molecule has 94 valence electrons. The van der Waals surface area contributed by atoms with Gasteiger partial charge in [-0.05, 0) is 43.0 Å². The minimum atomic E-state index is -0.629. The van der Waals surface area contributed by atoms with Crippen LogP contribution < -0.4 is 5.73 Å². The number of hydrogen-bond donors (Lipinski definition) is 1. The van der Waals surface area contributed by atoms with E-state index in [-0.39, 0.29) is 5.82 Å². The smallest absolute Gasteiger partial charge is 0.322 e. The molecule has 0 saturated heterocycles. The first kappa shape index (κ1) is 14.1. The summed E-state index contributed by atoms with van der Waals surface area (Å²) in [6, 6.07) is 4.17. The van der Waals surface area contributed by atoms with Crippen molar-refractivity contribution >= 4 is 21.9 Å². The van der Waals surface area contributed by atoms with Crippen molar-refractivity contribution in [1.82, 2.24) is 0 Å². The minimum absolute atomic E-state index is 0.236. The summed E-state index contributed by atoms with van der Waals surface area (Å²) in [5.74, 6) is -0.667. The summed E-state index contributed by atoms with van der Waals surface area (Å²) in [6.07, 6.45) is 1.68. The van der Waals surface area contributed by atoms with Gasteiger partial charge >= 0.3 is 5.97 Å². The van der Waals surface area contributed by atoms with Crippen LogP contribution in [0.3, 0.4) is 0 Å². The molecule has 1 aromatic rings. The number of hydrogen-bond acceptors (Lipinski definition) is 3. The van der Waals surface area contributed by atoms with E-state index in [1.54, 1.807) is 12.1 Å². The number of halogens is 2. The summed E-state index contributed by atoms with van der Waals surface area (Å²) in [7, 11) is 1.30. The lowest BCUT2D eigenvalue weighted by Crippen LogP contribution is -2.31. The van der Waals surface area contributed by atoms with E-state index in [2.05, 4.69) is 20.7 Å². The third-order valence-corrected chi connectivity index (χ3v) is 2.97. The quantitative estimate of drug-likeness (QED) is 0.850. The van der Waals surface area contributed by atoms with Crippen LogP contribution in [0.2, 0.25) is 0 Å². The van der Waals surface area contributed by atoms with Gasteiger partial charge in [-0.2, -0.15) is 0 Å². The molecule has 0 saturated carbocycles. The van der Waals surface area contributed by atoms with Crippen LogP contribution in [0, 0.1) is 5.82 Å². The molecule has 1 aromatic carbocycles. The van der Waals surface area contributed by atoms with Crippen molar-refractivity contribution in [2.75, 3.05) is 7.11 Å². The summed E-state index contributed by atoms with van der Waals surface area (Å²) in [5.41, 5.74) is 6.20. The average Bonchev–Trinajstić information content (AvgIpc) is 2.32. The predicted octanol–water partition coefficient (Wildman–Crippen LogP) is 2.41. The van der Waals surface area contributed by atoms with E-state index in [1.807, 2.05) is 0 Å². The first-order valence-corrected chi connectivity index (χ1v) is 6.11. The number of esters is 1. The van der Waals surface area contributed by atoms with Gasteiger partial charge in [-0.25, -0.2) is 4.39 Å². The predicted molar refractivity (Wildman–Crippen MR) is 67.0 cm³/mol. The van der Waals surface area contributed by atoms with Crippen molar-refractivity contribution in [3.05, 3.63) is 34.1 Å². The summed E-state index contributed by atoms with van der Waals surface area (Å²) in [5, 5.41) is 0. The fourth-order valence-corrected chi connectivity index (χ4v) is 1.93. The zero-order valence-electron chi connectivity index (χ0n) is 9.58. The number of rotatable bonds is 5. The number of benzene rings is 1. The van der Waals surface area contributed by atoms with Gasteiger partial charge in [-0.1, -0.05) is 15.9 Å². The Morgan fingerprint density at radius 2 is 2.29 bits per heavy atom. The Morgan fingerprint density at radius 1 is 1.59 bits per heavy atom. The molecule has 3 nitrogen and oxygen atoms in total. The molecular formula is C12H15BrFNO2. The summed E-state index contributed by atoms with van der Waals surface area (Å²) >= 11 is 3.29. The molecule has 5 heteroatoms. The minimum Gasteiger partial charge on any atom is -0.468 e. The molecule has 1 atom stereocenters. The van der Waals surface area contributed by atoms with Gasteiger partial charge < -0.3 is 10.5 Å². The lowest BCUT2D eigenvalue weighted by Gasteiger charge is -2.09. The molecule has 0 spiro atoms. The van der Waals surface area contributed by atoms with E-state index < -0.39 is 12.0 Å². The van der Waals surface area contributed by atoms with E-state index in [4.69, 9.17) is 5.73 Å². The fourth-order valence-electron chi connectivity index (χ4n) is 1.52. The number of nitrogens with two attached hydrogens (primary N) is 1. The number of aryl methyl sites for hydroxylation is 1. The van der Waals surface area contributed by atoms with Gasteiger partial charge in [0.15, 0.2) is 0 Å². The van der Waals surface area contributed by atoms with E-state index in [1.165, 1.54) is 13.2 Å². The van der Waals surface area contributed by atoms with Crippen LogP contribution in [-0.2, 0) is 16.0 Å². The molecular weight excluding hydrogens is 289 g/mol. The zero-order chi connectivity index (χ0) is 12.8. The van der Waals surface area contributed by atoms with Gasteiger partial charge in [0, 0.05) is 4.47 Å². The second kappa shape index (κ2) is 6.71. The van der Waals surface area contributed by atoms with Crippen LogP contribution in [0.5, 0.6) is 0 Å². The van der Waals surface area contributed by atoms with Crippen molar-refractivity contribution < 1.29 is 13.9 Å². The molecule has 17 heavy (non-hydrogen) atoms. The van der Waals surface area contributed by atoms with Gasteiger partial charge in [-0.15, -0.1) is 0 Å². The highest BCUT2D eigenvalue weighted by Crippen LogP contribution is 2.17. The molecule has 1 unspecified atom stereocenters. The Balaban J connectivity index is 2.45. The number of methoxy groups -OCH3 is 1. The monoisotopic (exact) mass is 303 g/mol. The Bertz CT molecular complexity index is 398. The van der Waals surface area contributed by atoms with Gasteiger partial charge in [0.25, 0.3) is 0 Å². The van der Waals surface area contributed by atoms with Crippen LogP contribution in [0.15, 0.2) is 22.7 Å². The Kier molecular flexibility index (Phi) is 5.58. The van der Waals surface area contributed by atoms with Crippen LogP contribution in [0.1, 0.15) is 18.4 Å². The summed E-state index contributed by atoms with van der Waals surface area (Å²) in [4.78, 5) is 11.0. The maximum Gasteiger partial charge on any atom is 0.322 e. The third-order valence-electron chi connectivity index (χ3n) is 2.47. The van der Waals surface area contributed by atoms with Crippen molar-refractivity contribution in [1.29, 1.82) is 0 Å². The topological polar surface area (TPSA) is 52.3 Å². The third kappa shape index (κ3) is 4.44. The SMILES string of the molecule is COC(=O)C(N)CCCc1cc(Br)ccc1F. The Morgan fingerprint density at radius 3 is 2.94 bits per heavy atom. The number of ether oxygens (including phenoxy) is 1. The van der Waals surface area contributed by atoms with Crippen LogP contribution in [0.25, 0.3) is 0 Å². The van der Waals surface area contributed by atoms with Gasteiger partial charge in [0.1, 0.15) is 11.9 Å². The van der Waals surface area contributed by atoms with Gasteiger partial charge in [-0.3, -0.25) is 4.79 Å². The van der Waals surface area contributed by atoms with Crippen LogP contribution in [-0.4, -0.2) is 19.1 Å². The van der Waals surface area contributed by atoms with Gasteiger partial charge in [0.2, 0.25) is 0 Å². The van der Waals surface area contributed by atoms with Gasteiger partial charge in [0.05, 0.1) is 7.11 Å². The van der Waals surface area contributed by atoms with E-state index in [0.717, 1.165) is 4.47 Å². The highest BCUT2D eigenvalue weighted by Gasteiger charge is 2.13. The first-order chi connectivity index (χ1) is 8.04. The average molecular weight is 304 g/mol. The molecule has 0 fully saturated rings. The molecule has 0 heterocycles. The molecule has 2 N–H and O–H groups in total. The Hall–Kier alpha value is -0.940. The fraction of sp³-hybridized carbons (Fsp3) is 0.417. The highest BCUT2D eigenvalue weighted by molar-refractivity contribution is 9.10. The number of carbonyl (C=O) groups excluding carboxylic acids is 1. The Labute approximate surface area is 108 Å². The number of carbonyl (C=O) groups is 1. The van der Waals surface area contributed by atoms with Crippen LogP contribution in [0.4, 0.5) is 4.39 Å². The lowest BCUT2D eigenvalue weighted by atomic mass is 10.0. The highest BCUT2D eigenvalue weighted by atomic mass is 79.9. The first-order valence-electron chi connectivity index (χ1n) is 5.32. The maximum absolute atomic E-state index is 13.4. The second-order valence-electron chi connectivity index (χ2n) is 3.76. The van der Waals surface area contributed by atoms with Crippen molar-refractivity contribution in [2.45, 2.75) is 25.3 Å².